The van der Waals surface area contributed by atoms with Gasteiger partial charge in [-0.25, -0.2) is 0 Å². The number of hydrogen-bond donors (Lipinski definition) is 2. The Labute approximate surface area is 181 Å². The van der Waals surface area contributed by atoms with Gasteiger partial charge in [-0.3, -0.25) is 25.2 Å². The van der Waals surface area contributed by atoms with Gasteiger partial charge in [0.2, 0.25) is 11.8 Å². The van der Waals surface area contributed by atoms with E-state index >= 15 is 0 Å². The molecule has 0 spiro atoms. The first-order chi connectivity index (χ1) is 15.1. The van der Waals surface area contributed by atoms with Gasteiger partial charge in [0.25, 0.3) is 5.91 Å². The summed E-state index contributed by atoms with van der Waals surface area (Å²) in [6.07, 6.45) is 0.123. The SMILES string of the molecule is CCOCCOc1cccc(C(=O)NNC(=O)C2CC(=O)N(Cc3ccccc3)C2)c1. The molecule has 164 valence electrons. The average Bonchev–Trinajstić information content (AvgIpc) is 3.16. The molecule has 0 bridgehead atoms. The van der Waals surface area contributed by atoms with E-state index < -0.39 is 11.8 Å². The van der Waals surface area contributed by atoms with Crippen molar-refractivity contribution in [3.63, 3.8) is 0 Å². The molecule has 1 unspecified atom stereocenters. The van der Waals surface area contributed by atoms with Gasteiger partial charge in [0, 0.05) is 31.7 Å². The molecule has 0 aromatic heterocycles. The minimum absolute atomic E-state index is 0.0766. The lowest BCUT2D eigenvalue weighted by Crippen LogP contribution is -2.45. The predicted molar refractivity (Wildman–Crippen MR) is 114 cm³/mol. The number of ether oxygens (including phenoxy) is 2. The lowest BCUT2D eigenvalue weighted by atomic mass is 10.1. The summed E-state index contributed by atoms with van der Waals surface area (Å²) in [7, 11) is 0. The molecule has 0 aliphatic carbocycles. The van der Waals surface area contributed by atoms with Crippen molar-refractivity contribution in [1.82, 2.24) is 15.8 Å². The van der Waals surface area contributed by atoms with Gasteiger partial charge in [-0.2, -0.15) is 0 Å². The van der Waals surface area contributed by atoms with Crippen LogP contribution in [-0.4, -0.2) is 49.0 Å². The van der Waals surface area contributed by atoms with Gasteiger partial charge in [0.15, 0.2) is 0 Å². The third-order valence-electron chi connectivity index (χ3n) is 4.90. The van der Waals surface area contributed by atoms with Gasteiger partial charge in [-0.15, -0.1) is 0 Å². The van der Waals surface area contributed by atoms with Crippen LogP contribution in [0.1, 0.15) is 29.3 Å². The molecule has 0 radical (unpaired) electrons. The fourth-order valence-electron chi connectivity index (χ4n) is 3.29. The molecule has 0 saturated carbocycles. The quantitative estimate of drug-likeness (QED) is 0.473. The number of rotatable bonds is 9. The maximum absolute atomic E-state index is 12.5. The van der Waals surface area contributed by atoms with Gasteiger partial charge in [0.1, 0.15) is 12.4 Å². The van der Waals surface area contributed by atoms with Gasteiger partial charge >= 0.3 is 0 Å². The average molecular weight is 425 g/mol. The zero-order chi connectivity index (χ0) is 22.1. The zero-order valence-corrected chi connectivity index (χ0v) is 17.5. The van der Waals surface area contributed by atoms with Crippen LogP contribution in [-0.2, 0) is 20.9 Å². The lowest BCUT2D eigenvalue weighted by molar-refractivity contribution is -0.129. The van der Waals surface area contributed by atoms with Gasteiger partial charge in [-0.05, 0) is 30.7 Å². The van der Waals surface area contributed by atoms with Crippen LogP contribution >= 0.6 is 0 Å². The van der Waals surface area contributed by atoms with Crippen LogP contribution in [0.4, 0.5) is 0 Å². The van der Waals surface area contributed by atoms with E-state index in [4.69, 9.17) is 9.47 Å². The van der Waals surface area contributed by atoms with Crippen molar-refractivity contribution >= 4 is 17.7 Å². The largest absolute Gasteiger partial charge is 0.491 e. The molecule has 2 N–H and O–H groups in total. The van der Waals surface area contributed by atoms with Crippen LogP contribution in [0.25, 0.3) is 0 Å². The number of carbonyl (C=O) groups excluding carboxylic acids is 3. The normalized spacial score (nSPS) is 15.6. The molecule has 1 atom stereocenters. The third kappa shape index (κ3) is 6.55. The van der Waals surface area contributed by atoms with Crippen molar-refractivity contribution in [2.45, 2.75) is 19.9 Å². The topological polar surface area (TPSA) is 97.0 Å². The second-order valence-electron chi connectivity index (χ2n) is 7.18. The molecule has 2 aromatic rings. The van der Waals surface area contributed by atoms with Crippen molar-refractivity contribution < 1.29 is 23.9 Å². The Balaban J connectivity index is 1.47. The molecular weight excluding hydrogens is 398 g/mol. The number of hydrogen-bond acceptors (Lipinski definition) is 5. The second kappa shape index (κ2) is 11.1. The number of amides is 3. The molecule has 3 rings (SSSR count). The maximum atomic E-state index is 12.5. The molecule has 1 heterocycles. The fourth-order valence-corrected chi connectivity index (χ4v) is 3.29. The van der Waals surface area contributed by atoms with Crippen molar-refractivity contribution in [3.05, 3.63) is 65.7 Å². The summed E-state index contributed by atoms with van der Waals surface area (Å²) in [5.74, 6) is -0.899. The molecule has 1 aliphatic rings. The standard InChI is InChI=1S/C23H27N3O5/c1-2-30-11-12-31-20-10-6-9-18(13-20)22(28)24-25-23(29)19-14-21(27)26(16-19)15-17-7-4-3-5-8-17/h3-10,13,19H,2,11-12,14-16H2,1H3,(H,24,28)(H,25,29). The molecule has 2 aromatic carbocycles. The molecule has 1 aliphatic heterocycles. The molecule has 1 fully saturated rings. The molecule has 3 amide bonds. The zero-order valence-electron chi connectivity index (χ0n) is 17.5. The first-order valence-corrected chi connectivity index (χ1v) is 10.3. The maximum Gasteiger partial charge on any atom is 0.269 e. The highest BCUT2D eigenvalue weighted by Crippen LogP contribution is 2.20. The number of likely N-dealkylation sites (tertiary alicyclic amines) is 1. The Hall–Kier alpha value is -3.39. The van der Waals surface area contributed by atoms with E-state index in [1.54, 1.807) is 29.2 Å². The molecule has 1 saturated heterocycles. The first-order valence-electron chi connectivity index (χ1n) is 10.3. The van der Waals surface area contributed by atoms with Crippen LogP contribution in [0.2, 0.25) is 0 Å². The van der Waals surface area contributed by atoms with E-state index in [2.05, 4.69) is 10.9 Å². The van der Waals surface area contributed by atoms with Crippen molar-refractivity contribution in [2.75, 3.05) is 26.4 Å². The Bertz CT molecular complexity index is 903. The Morgan fingerprint density at radius 3 is 2.65 bits per heavy atom. The van der Waals surface area contributed by atoms with E-state index in [-0.39, 0.29) is 18.2 Å². The Kier molecular flexibility index (Phi) is 8.00. The summed E-state index contributed by atoms with van der Waals surface area (Å²) in [4.78, 5) is 38.7. The van der Waals surface area contributed by atoms with E-state index in [1.165, 1.54) is 0 Å². The first kappa shape index (κ1) is 22.3. The fraction of sp³-hybridized carbons (Fsp3) is 0.348. The molecular formula is C23H27N3O5. The molecule has 8 nitrogen and oxygen atoms in total. The van der Waals surface area contributed by atoms with E-state index in [0.717, 1.165) is 5.56 Å². The van der Waals surface area contributed by atoms with E-state index in [1.807, 2.05) is 37.3 Å². The second-order valence-corrected chi connectivity index (χ2v) is 7.18. The van der Waals surface area contributed by atoms with Crippen LogP contribution in [0.5, 0.6) is 5.75 Å². The van der Waals surface area contributed by atoms with Crippen LogP contribution < -0.4 is 15.6 Å². The number of carbonyl (C=O) groups is 3. The van der Waals surface area contributed by atoms with Crippen molar-refractivity contribution in [3.8, 4) is 5.75 Å². The number of benzene rings is 2. The Morgan fingerprint density at radius 2 is 1.87 bits per heavy atom. The number of nitrogens with zero attached hydrogens (tertiary/aromatic N) is 1. The lowest BCUT2D eigenvalue weighted by Gasteiger charge is -2.17. The van der Waals surface area contributed by atoms with Crippen molar-refractivity contribution in [1.29, 1.82) is 0 Å². The summed E-state index contributed by atoms with van der Waals surface area (Å²) < 4.78 is 10.8. The van der Waals surface area contributed by atoms with Gasteiger partial charge in [0.05, 0.1) is 12.5 Å². The summed E-state index contributed by atoms with van der Waals surface area (Å²) in [5, 5.41) is 0. The number of hydrazine groups is 1. The van der Waals surface area contributed by atoms with Crippen LogP contribution in [0, 0.1) is 5.92 Å². The monoisotopic (exact) mass is 425 g/mol. The van der Waals surface area contributed by atoms with E-state index in [0.29, 0.717) is 44.2 Å². The van der Waals surface area contributed by atoms with Crippen molar-refractivity contribution in [2.24, 2.45) is 5.92 Å². The Morgan fingerprint density at radius 1 is 1.06 bits per heavy atom. The van der Waals surface area contributed by atoms with Crippen LogP contribution in [0.3, 0.4) is 0 Å². The number of nitrogens with one attached hydrogen (secondary N) is 2. The predicted octanol–water partition coefficient (Wildman–Crippen LogP) is 1.91. The summed E-state index contributed by atoms with van der Waals surface area (Å²) >= 11 is 0. The van der Waals surface area contributed by atoms with E-state index in [9.17, 15) is 14.4 Å². The minimum atomic E-state index is -0.509. The van der Waals surface area contributed by atoms with Gasteiger partial charge in [-0.1, -0.05) is 36.4 Å². The smallest absolute Gasteiger partial charge is 0.269 e. The highest BCUT2D eigenvalue weighted by molar-refractivity contribution is 5.96. The summed E-state index contributed by atoms with van der Waals surface area (Å²) in [5.41, 5.74) is 6.20. The van der Waals surface area contributed by atoms with Crippen LogP contribution in [0.15, 0.2) is 54.6 Å². The highest BCUT2D eigenvalue weighted by Gasteiger charge is 2.34. The van der Waals surface area contributed by atoms with Gasteiger partial charge < -0.3 is 14.4 Å². The summed E-state index contributed by atoms with van der Waals surface area (Å²) in [6.45, 7) is 4.14. The molecule has 31 heavy (non-hydrogen) atoms. The third-order valence-corrected chi connectivity index (χ3v) is 4.90. The molecule has 8 heteroatoms. The minimum Gasteiger partial charge on any atom is -0.491 e. The summed E-state index contributed by atoms with van der Waals surface area (Å²) in [6, 6.07) is 16.3. The highest BCUT2D eigenvalue weighted by atomic mass is 16.5.